The molecule has 0 bridgehead atoms. The van der Waals surface area contributed by atoms with Crippen LogP contribution in [0.15, 0.2) is 16.6 Å². The number of fused-ring (bicyclic) bond motifs is 1. The summed E-state index contributed by atoms with van der Waals surface area (Å²) in [7, 11) is 0. The molecule has 0 aromatic heterocycles. The number of nitrogens with one attached hydrogen (secondary N) is 1. The van der Waals surface area contributed by atoms with Gasteiger partial charge in [-0.15, -0.1) is 0 Å². The lowest BCUT2D eigenvalue weighted by atomic mass is 10.1. The summed E-state index contributed by atoms with van der Waals surface area (Å²) in [6.07, 6.45) is 2.25. The molecule has 122 valence electrons. The minimum absolute atomic E-state index is 0.721. The van der Waals surface area contributed by atoms with Crippen molar-refractivity contribution >= 4 is 15.9 Å². The van der Waals surface area contributed by atoms with E-state index in [4.69, 9.17) is 9.47 Å². The molecule has 0 saturated carbocycles. The highest BCUT2D eigenvalue weighted by molar-refractivity contribution is 9.10. The van der Waals surface area contributed by atoms with Gasteiger partial charge in [-0.1, -0.05) is 6.92 Å². The topological polar surface area (TPSA) is 33.7 Å². The molecule has 1 aromatic carbocycles. The minimum atomic E-state index is 0.721. The molecule has 1 saturated heterocycles. The quantitative estimate of drug-likeness (QED) is 0.865. The number of likely N-dealkylation sites (tertiary alicyclic amines) is 1. The second-order valence-corrected chi connectivity index (χ2v) is 6.99. The lowest BCUT2D eigenvalue weighted by Crippen LogP contribution is -2.26. The molecule has 0 radical (unpaired) electrons. The number of hydrogen-bond acceptors (Lipinski definition) is 4. The molecule has 1 N–H and O–H groups in total. The summed E-state index contributed by atoms with van der Waals surface area (Å²) in [6, 6.07) is 4.24. The molecule has 2 heterocycles. The first kappa shape index (κ1) is 16.1. The van der Waals surface area contributed by atoms with Crippen LogP contribution in [0.5, 0.6) is 11.5 Å². The third-order valence-corrected chi connectivity index (χ3v) is 5.03. The molecule has 2 aliphatic heterocycles. The summed E-state index contributed by atoms with van der Waals surface area (Å²) >= 11 is 3.60. The Morgan fingerprint density at radius 2 is 2.18 bits per heavy atom. The van der Waals surface area contributed by atoms with Gasteiger partial charge in [-0.2, -0.15) is 0 Å². The van der Waals surface area contributed by atoms with E-state index < -0.39 is 0 Å². The average Bonchev–Trinajstić information content (AvgIpc) is 2.83. The van der Waals surface area contributed by atoms with E-state index >= 15 is 0 Å². The molecule has 22 heavy (non-hydrogen) atoms. The lowest BCUT2D eigenvalue weighted by Gasteiger charge is -2.15. The molecule has 1 unspecified atom stereocenters. The summed E-state index contributed by atoms with van der Waals surface area (Å²) in [5, 5.41) is 3.59. The van der Waals surface area contributed by atoms with Crippen LogP contribution in [0.4, 0.5) is 0 Å². The van der Waals surface area contributed by atoms with Crippen molar-refractivity contribution in [2.24, 2.45) is 5.92 Å². The Morgan fingerprint density at radius 3 is 3.00 bits per heavy atom. The number of nitrogens with zero attached hydrogens (tertiary/aromatic N) is 1. The number of hydrogen-bond donors (Lipinski definition) is 1. The van der Waals surface area contributed by atoms with Gasteiger partial charge >= 0.3 is 0 Å². The highest BCUT2D eigenvalue weighted by atomic mass is 79.9. The second kappa shape index (κ2) is 7.66. The largest absolute Gasteiger partial charge is 0.490 e. The maximum absolute atomic E-state index is 5.79. The summed E-state index contributed by atoms with van der Waals surface area (Å²) in [6.45, 7) is 9.30. The fourth-order valence-electron chi connectivity index (χ4n) is 3.17. The van der Waals surface area contributed by atoms with Crippen molar-refractivity contribution in [3.8, 4) is 11.5 Å². The summed E-state index contributed by atoms with van der Waals surface area (Å²) in [5.41, 5.74) is 1.24. The van der Waals surface area contributed by atoms with Gasteiger partial charge in [-0.3, -0.25) is 0 Å². The number of benzene rings is 1. The zero-order valence-corrected chi connectivity index (χ0v) is 14.8. The van der Waals surface area contributed by atoms with Crippen molar-refractivity contribution < 1.29 is 9.47 Å². The molecule has 5 heteroatoms. The van der Waals surface area contributed by atoms with Crippen LogP contribution in [0.2, 0.25) is 0 Å². The van der Waals surface area contributed by atoms with E-state index in [2.05, 4.69) is 45.2 Å². The molecule has 0 spiro atoms. The Balaban J connectivity index is 1.54. The zero-order valence-electron chi connectivity index (χ0n) is 13.2. The summed E-state index contributed by atoms with van der Waals surface area (Å²) in [4.78, 5) is 2.52. The maximum atomic E-state index is 5.79. The van der Waals surface area contributed by atoms with Crippen molar-refractivity contribution in [3.63, 3.8) is 0 Å². The first-order valence-corrected chi connectivity index (χ1v) is 9.06. The fourth-order valence-corrected chi connectivity index (χ4v) is 3.78. The SMILES string of the molecule is CCN1CCC(CNCc2cc(Br)c3c(c2)OCCCO3)C1. The molecule has 2 aliphatic rings. The molecule has 1 aromatic rings. The highest BCUT2D eigenvalue weighted by Gasteiger charge is 2.20. The van der Waals surface area contributed by atoms with Crippen LogP contribution in [-0.2, 0) is 6.54 Å². The third-order valence-electron chi connectivity index (χ3n) is 4.44. The van der Waals surface area contributed by atoms with Crippen molar-refractivity contribution in [1.29, 1.82) is 0 Å². The maximum Gasteiger partial charge on any atom is 0.175 e. The first-order valence-electron chi connectivity index (χ1n) is 8.27. The monoisotopic (exact) mass is 368 g/mol. The van der Waals surface area contributed by atoms with Crippen LogP contribution < -0.4 is 14.8 Å². The van der Waals surface area contributed by atoms with Crippen LogP contribution in [0.3, 0.4) is 0 Å². The highest BCUT2D eigenvalue weighted by Crippen LogP contribution is 2.38. The zero-order chi connectivity index (χ0) is 15.4. The van der Waals surface area contributed by atoms with Crippen LogP contribution in [0, 0.1) is 5.92 Å². The number of ether oxygens (including phenoxy) is 2. The summed E-state index contributed by atoms with van der Waals surface area (Å²) < 4.78 is 12.5. The Morgan fingerprint density at radius 1 is 1.32 bits per heavy atom. The smallest absolute Gasteiger partial charge is 0.175 e. The normalized spacial score (nSPS) is 21.8. The Bertz CT molecular complexity index is 510. The van der Waals surface area contributed by atoms with E-state index in [0.717, 1.165) is 54.6 Å². The van der Waals surface area contributed by atoms with Gasteiger partial charge in [-0.25, -0.2) is 0 Å². The van der Waals surface area contributed by atoms with Crippen LogP contribution in [-0.4, -0.2) is 44.3 Å². The lowest BCUT2D eigenvalue weighted by molar-refractivity contribution is 0.296. The third kappa shape index (κ3) is 3.94. The second-order valence-electron chi connectivity index (χ2n) is 6.13. The van der Waals surface area contributed by atoms with E-state index in [9.17, 15) is 0 Å². The van der Waals surface area contributed by atoms with Crippen molar-refractivity contribution in [1.82, 2.24) is 10.2 Å². The van der Waals surface area contributed by atoms with Gasteiger partial charge in [0, 0.05) is 19.5 Å². The Labute approximate surface area is 141 Å². The molecule has 3 rings (SSSR count). The van der Waals surface area contributed by atoms with Gasteiger partial charge in [0.2, 0.25) is 0 Å². The van der Waals surface area contributed by atoms with Crippen LogP contribution in [0.25, 0.3) is 0 Å². The van der Waals surface area contributed by atoms with E-state index in [1.807, 2.05) is 0 Å². The predicted molar refractivity (Wildman–Crippen MR) is 91.7 cm³/mol. The molecular formula is C17H25BrN2O2. The van der Waals surface area contributed by atoms with Gasteiger partial charge in [0.25, 0.3) is 0 Å². The average molecular weight is 369 g/mol. The van der Waals surface area contributed by atoms with Gasteiger partial charge in [0.05, 0.1) is 17.7 Å². The van der Waals surface area contributed by atoms with E-state index in [0.29, 0.717) is 0 Å². The van der Waals surface area contributed by atoms with Crippen LogP contribution >= 0.6 is 15.9 Å². The molecular weight excluding hydrogens is 344 g/mol. The molecule has 1 atom stereocenters. The molecule has 0 amide bonds. The van der Waals surface area contributed by atoms with Crippen LogP contribution in [0.1, 0.15) is 25.3 Å². The molecule has 4 nitrogen and oxygen atoms in total. The fraction of sp³-hybridized carbons (Fsp3) is 0.647. The van der Waals surface area contributed by atoms with E-state index in [-0.39, 0.29) is 0 Å². The van der Waals surface area contributed by atoms with Gasteiger partial charge in [0.1, 0.15) is 0 Å². The first-order chi connectivity index (χ1) is 10.8. The van der Waals surface area contributed by atoms with Gasteiger partial charge in [-0.05, 0) is 65.6 Å². The molecule has 1 fully saturated rings. The van der Waals surface area contributed by atoms with Crippen molar-refractivity contribution in [2.45, 2.75) is 26.3 Å². The van der Waals surface area contributed by atoms with E-state index in [1.165, 1.54) is 31.6 Å². The molecule has 0 aliphatic carbocycles. The van der Waals surface area contributed by atoms with E-state index in [1.54, 1.807) is 0 Å². The Hall–Kier alpha value is -0.780. The summed E-state index contributed by atoms with van der Waals surface area (Å²) in [5.74, 6) is 2.49. The number of rotatable bonds is 5. The minimum Gasteiger partial charge on any atom is -0.490 e. The standard InChI is InChI=1S/C17H25BrN2O2/c1-2-20-5-4-13(12-20)10-19-11-14-8-15(18)17-16(9-14)21-6-3-7-22-17/h8-9,13,19H,2-7,10-12H2,1H3. The van der Waals surface area contributed by atoms with Gasteiger partial charge in [0.15, 0.2) is 11.5 Å². The van der Waals surface area contributed by atoms with Gasteiger partial charge < -0.3 is 19.7 Å². The Kier molecular flexibility index (Phi) is 5.61. The predicted octanol–water partition coefficient (Wildman–Crippen LogP) is 3.04. The number of halogens is 1. The van der Waals surface area contributed by atoms with Crippen molar-refractivity contribution in [3.05, 3.63) is 22.2 Å². The van der Waals surface area contributed by atoms with Crippen molar-refractivity contribution in [2.75, 3.05) is 39.4 Å².